The summed E-state index contributed by atoms with van der Waals surface area (Å²) in [6.45, 7) is 11.1. The minimum absolute atomic E-state index is 0.140. The van der Waals surface area contributed by atoms with Crippen LogP contribution in [0.3, 0.4) is 0 Å². The van der Waals surface area contributed by atoms with Crippen molar-refractivity contribution in [2.45, 2.75) is 70.4 Å². The summed E-state index contributed by atoms with van der Waals surface area (Å²) in [6, 6.07) is 28.0. The number of fused-ring (bicyclic) bond motifs is 2. The predicted molar refractivity (Wildman–Crippen MR) is 162 cm³/mol. The second-order valence-corrected chi connectivity index (χ2v) is 17.2. The fourth-order valence-electron chi connectivity index (χ4n) is 6.84. The lowest BCUT2D eigenvalue weighted by atomic mass is 9.94. The maximum Gasteiger partial charge on any atom is 0.261 e. The summed E-state index contributed by atoms with van der Waals surface area (Å²) in [5.74, 6) is -1.43. The van der Waals surface area contributed by atoms with E-state index < -0.39 is 20.4 Å². The van der Waals surface area contributed by atoms with E-state index in [9.17, 15) is 9.59 Å². The molecule has 7 nitrogen and oxygen atoms in total. The van der Waals surface area contributed by atoms with Gasteiger partial charge in [-0.1, -0.05) is 93.6 Å². The Balaban J connectivity index is 1.28. The van der Waals surface area contributed by atoms with E-state index in [1.54, 1.807) is 24.3 Å². The van der Waals surface area contributed by atoms with Gasteiger partial charge >= 0.3 is 0 Å². The molecule has 4 atom stereocenters. The standard InChI is InChI=1S/C34H39NO6Si/c1-33(2,3)42(23-14-8-6-9-15-23,24-16-10-7-11-17-24)38-22-28-27(29-32(39-28)41-34(4,5)40-29)20-21-35-30(36)25-18-12-13-19-26(25)31(35)37/h6-19,27-29,32H,20-22H2,1-5H3/t27-,28+,29-,32-/m0/s1. The third kappa shape index (κ3) is 4.95. The van der Waals surface area contributed by atoms with Crippen LogP contribution in [0.15, 0.2) is 84.9 Å². The van der Waals surface area contributed by atoms with Crippen molar-refractivity contribution in [2.24, 2.45) is 5.92 Å². The molecule has 2 fully saturated rings. The van der Waals surface area contributed by atoms with Crippen LogP contribution in [0, 0.1) is 5.92 Å². The van der Waals surface area contributed by atoms with Crippen molar-refractivity contribution in [3.63, 3.8) is 0 Å². The van der Waals surface area contributed by atoms with Crippen molar-refractivity contribution in [3.8, 4) is 0 Å². The van der Waals surface area contributed by atoms with Crippen molar-refractivity contribution in [3.05, 3.63) is 96.1 Å². The van der Waals surface area contributed by atoms with Crippen LogP contribution in [0.1, 0.15) is 61.8 Å². The number of rotatable bonds is 8. The summed E-state index contributed by atoms with van der Waals surface area (Å²) in [5.41, 5.74) is 0.910. The minimum Gasteiger partial charge on any atom is -0.405 e. The SMILES string of the molecule is CC1(C)O[C@@H]2O[C@H](CO[Si](c3ccccc3)(c3ccccc3)C(C)(C)C)[C@H](CCN3C(=O)c4ccccc4C3=O)[C@@H]2O1. The fraction of sp³-hybridized carbons (Fsp3) is 0.412. The van der Waals surface area contributed by atoms with Crippen LogP contribution in [-0.4, -0.2) is 62.5 Å². The molecule has 0 unspecified atom stereocenters. The lowest BCUT2D eigenvalue weighted by molar-refractivity contribution is -0.213. The van der Waals surface area contributed by atoms with Crippen LogP contribution >= 0.6 is 0 Å². The van der Waals surface area contributed by atoms with E-state index in [-0.39, 0.29) is 41.5 Å². The van der Waals surface area contributed by atoms with E-state index in [2.05, 4.69) is 69.3 Å². The molecule has 0 N–H and O–H groups in total. The van der Waals surface area contributed by atoms with Crippen molar-refractivity contribution < 1.29 is 28.2 Å². The summed E-state index contributed by atoms with van der Waals surface area (Å²) >= 11 is 0. The van der Waals surface area contributed by atoms with Crippen molar-refractivity contribution in [2.75, 3.05) is 13.2 Å². The summed E-state index contributed by atoms with van der Waals surface area (Å²) in [4.78, 5) is 27.6. The Kier molecular flexibility index (Phi) is 7.48. The molecule has 8 heteroatoms. The van der Waals surface area contributed by atoms with Crippen LogP contribution in [-0.2, 0) is 18.6 Å². The molecule has 3 aromatic carbocycles. The number of imide groups is 1. The number of nitrogens with zero attached hydrogens (tertiary/aromatic N) is 1. The summed E-state index contributed by atoms with van der Waals surface area (Å²) in [5, 5.41) is 2.20. The topological polar surface area (TPSA) is 74.3 Å². The number of hydrogen-bond acceptors (Lipinski definition) is 6. The molecule has 0 saturated carbocycles. The van der Waals surface area contributed by atoms with Gasteiger partial charge < -0.3 is 18.6 Å². The first kappa shape index (κ1) is 29.0. The molecular formula is C34H39NO6Si. The number of hydrogen-bond donors (Lipinski definition) is 0. The van der Waals surface area contributed by atoms with E-state index in [1.807, 2.05) is 26.0 Å². The van der Waals surface area contributed by atoms with Gasteiger partial charge in [-0.2, -0.15) is 0 Å². The Labute approximate surface area is 248 Å². The van der Waals surface area contributed by atoms with Crippen LogP contribution < -0.4 is 10.4 Å². The first-order valence-corrected chi connectivity index (χ1v) is 16.6. The lowest BCUT2D eigenvalue weighted by Gasteiger charge is -2.43. The van der Waals surface area contributed by atoms with E-state index in [0.717, 1.165) is 0 Å². The highest BCUT2D eigenvalue weighted by Crippen LogP contribution is 2.44. The molecule has 6 rings (SSSR count). The van der Waals surface area contributed by atoms with Crippen LogP contribution in [0.25, 0.3) is 0 Å². The highest BCUT2D eigenvalue weighted by Gasteiger charge is 2.56. The van der Waals surface area contributed by atoms with Gasteiger partial charge in [-0.25, -0.2) is 0 Å². The highest BCUT2D eigenvalue weighted by molar-refractivity contribution is 6.99. The van der Waals surface area contributed by atoms with Gasteiger partial charge in [0.05, 0.1) is 23.8 Å². The Morgan fingerprint density at radius 3 is 1.86 bits per heavy atom. The van der Waals surface area contributed by atoms with Crippen LogP contribution in [0.4, 0.5) is 0 Å². The van der Waals surface area contributed by atoms with E-state index in [0.29, 0.717) is 24.2 Å². The van der Waals surface area contributed by atoms with Crippen LogP contribution in [0.2, 0.25) is 5.04 Å². The molecule has 2 saturated heterocycles. The molecule has 3 aliphatic rings. The Morgan fingerprint density at radius 1 is 0.810 bits per heavy atom. The van der Waals surface area contributed by atoms with E-state index in [1.165, 1.54) is 15.3 Å². The molecule has 0 aliphatic carbocycles. The quantitative estimate of drug-likeness (QED) is 0.281. The van der Waals surface area contributed by atoms with Crippen molar-refractivity contribution in [1.29, 1.82) is 0 Å². The zero-order chi connectivity index (χ0) is 29.7. The molecule has 0 spiro atoms. The number of ether oxygens (including phenoxy) is 3. The molecule has 3 heterocycles. The average molecular weight is 586 g/mol. The zero-order valence-corrected chi connectivity index (χ0v) is 25.9. The van der Waals surface area contributed by atoms with Crippen LogP contribution in [0.5, 0.6) is 0 Å². The zero-order valence-electron chi connectivity index (χ0n) is 24.9. The lowest BCUT2D eigenvalue weighted by Crippen LogP contribution is -2.67. The molecule has 2 amide bonds. The second-order valence-electron chi connectivity index (χ2n) is 12.9. The average Bonchev–Trinajstić information content (AvgIpc) is 3.53. The predicted octanol–water partition coefficient (Wildman–Crippen LogP) is 4.74. The summed E-state index contributed by atoms with van der Waals surface area (Å²) < 4.78 is 26.2. The minimum atomic E-state index is -2.80. The number of amides is 2. The number of carbonyl (C=O) groups excluding carboxylic acids is 2. The molecule has 0 aromatic heterocycles. The van der Waals surface area contributed by atoms with Crippen molar-refractivity contribution in [1.82, 2.24) is 4.90 Å². The van der Waals surface area contributed by atoms with Gasteiger partial charge in [0, 0.05) is 12.5 Å². The maximum atomic E-state index is 13.1. The molecule has 3 aromatic rings. The largest absolute Gasteiger partial charge is 0.405 e. The van der Waals surface area contributed by atoms with Gasteiger partial charge in [0.2, 0.25) is 0 Å². The molecule has 220 valence electrons. The van der Waals surface area contributed by atoms with Gasteiger partial charge in [0.25, 0.3) is 20.1 Å². The van der Waals surface area contributed by atoms with Gasteiger partial charge in [-0.05, 0) is 47.8 Å². The third-order valence-electron chi connectivity index (χ3n) is 8.74. The number of benzene rings is 3. The van der Waals surface area contributed by atoms with Gasteiger partial charge in [0.15, 0.2) is 12.1 Å². The number of carbonyl (C=O) groups is 2. The van der Waals surface area contributed by atoms with E-state index in [4.69, 9.17) is 18.6 Å². The van der Waals surface area contributed by atoms with E-state index >= 15 is 0 Å². The molecule has 0 radical (unpaired) electrons. The Hall–Kier alpha value is -3.14. The normalized spacial score (nSPS) is 25.1. The van der Waals surface area contributed by atoms with Gasteiger partial charge in [-0.15, -0.1) is 0 Å². The van der Waals surface area contributed by atoms with Crippen molar-refractivity contribution >= 4 is 30.5 Å². The Morgan fingerprint density at radius 2 is 1.33 bits per heavy atom. The summed E-state index contributed by atoms with van der Waals surface area (Å²) in [7, 11) is -2.80. The molecule has 42 heavy (non-hydrogen) atoms. The summed E-state index contributed by atoms with van der Waals surface area (Å²) in [6.07, 6.45) is -0.697. The maximum absolute atomic E-state index is 13.1. The smallest absolute Gasteiger partial charge is 0.261 e. The second kappa shape index (κ2) is 10.8. The molecule has 3 aliphatic heterocycles. The molecular weight excluding hydrogens is 546 g/mol. The fourth-order valence-corrected chi connectivity index (χ4v) is 11.4. The third-order valence-corrected chi connectivity index (χ3v) is 13.7. The van der Waals surface area contributed by atoms with Gasteiger partial charge in [-0.3, -0.25) is 14.5 Å². The first-order valence-electron chi connectivity index (χ1n) is 14.7. The first-order chi connectivity index (χ1) is 20.0. The Bertz CT molecular complexity index is 1380. The van der Waals surface area contributed by atoms with Gasteiger partial charge in [0.1, 0.15) is 6.10 Å². The highest BCUT2D eigenvalue weighted by atomic mass is 28.4. The monoisotopic (exact) mass is 585 g/mol. The molecule has 0 bridgehead atoms.